The third-order valence-electron chi connectivity index (χ3n) is 5.96. The van der Waals surface area contributed by atoms with Crippen molar-refractivity contribution in [3.63, 3.8) is 0 Å². The van der Waals surface area contributed by atoms with Crippen LogP contribution >= 0.6 is 0 Å². The summed E-state index contributed by atoms with van der Waals surface area (Å²) in [6.07, 6.45) is 2.20. The summed E-state index contributed by atoms with van der Waals surface area (Å²) in [6.45, 7) is 5.68. The molecule has 3 aromatic rings. The van der Waals surface area contributed by atoms with Crippen LogP contribution in [0.2, 0.25) is 0 Å². The Hall–Kier alpha value is -3.28. The Balaban J connectivity index is 1.45. The number of piperidine rings is 1. The van der Waals surface area contributed by atoms with Gasteiger partial charge in [-0.3, -0.25) is 0 Å². The fourth-order valence-corrected chi connectivity index (χ4v) is 4.19. The third kappa shape index (κ3) is 5.31. The van der Waals surface area contributed by atoms with Crippen molar-refractivity contribution in [2.24, 2.45) is 4.99 Å². The topological polar surface area (TPSA) is 55.8 Å². The van der Waals surface area contributed by atoms with Crippen molar-refractivity contribution in [2.75, 3.05) is 43.5 Å². The Labute approximate surface area is 191 Å². The number of fused-ring (bicyclic) bond motifs is 1. The van der Waals surface area contributed by atoms with Crippen LogP contribution in [0.15, 0.2) is 65.7 Å². The number of nitrogens with one attached hydrogen (secondary N) is 2. The number of hydrogen-bond acceptors (Lipinski definition) is 4. The van der Waals surface area contributed by atoms with Gasteiger partial charge in [-0.2, -0.15) is 0 Å². The average Bonchev–Trinajstić information content (AvgIpc) is 2.83. The summed E-state index contributed by atoms with van der Waals surface area (Å²) in [6, 6.07) is 21.6. The molecule has 2 heterocycles. The molecule has 0 aliphatic carbocycles. The summed E-state index contributed by atoms with van der Waals surface area (Å²) < 4.78 is 0. The Kier molecular flexibility index (Phi) is 7.10. The zero-order valence-electron chi connectivity index (χ0n) is 19.4. The van der Waals surface area contributed by atoms with Gasteiger partial charge in [0.15, 0.2) is 5.96 Å². The quantitative estimate of drug-likeness (QED) is 0.457. The average molecular weight is 431 g/mol. The highest BCUT2D eigenvalue weighted by Gasteiger charge is 2.20. The van der Waals surface area contributed by atoms with E-state index in [0.29, 0.717) is 12.6 Å². The summed E-state index contributed by atoms with van der Waals surface area (Å²) in [5.74, 6) is 1.85. The first-order chi connectivity index (χ1) is 15.6. The van der Waals surface area contributed by atoms with Crippen LogP contribution in [0.1, 0.15) is 25.3 Å². The molecule has 2 N–H and O–H groups in total. The molecule has 2 aromatic carbocycles. The lowest BCUT2D eigenvalue weighted by Gasteiger charge is -2.34. The molecule has 6 heteroatoms. The van der Waals surface area contributed by atoms with Crippen molar-refractivity contribution in [3.8, 4) is 0 Å². The number of rotatable bonds is 6. The van der Waals surface area contributed by atoms with E-state index in [0.717, 1.165) is 55.2 Å². The van der Waals surface area contributed by atoms with Crippen LogP contribution in [0.3, 0.4) is 0 Å². The number of guanidine groups is 1. The van der Waals surface area contributed by atoms with E-state index < -0.39 is 0 Å². The Morgan fingerprint density at radius 1 is 1.06 bits per heavy atom. The van der Waals surface area contributed by atoms with Gasteiger partial charge in [0, 0.05) is 50.8 Å². The lowest BCUT2D eigenvalue weighted by molar-refractivity contribution is 0.461. The molecule has 1 aliphatic heterocycles. The normalized spacial score (nSPS) is 15.1. The van der Waals surface area contributed by atoms with Crippen LogP contribution in [-0.4, -0.2) is 50.7 Å². The number of aliphatic imine (C=N–C) groups is 1. The maximum absolute atomic E-state index is 4.94. The summed E-state index contributed by atoms with van der Waals surface area (Å²) in [4.78, 5) is 14.2. The van der Waals surface area contributed by atoms with Gasteiger partial charge >= 0.3 is 0 Å². The van der Waals surface area contributed by atoms with E-state index in [-0.39, 0.29) is 0 Å². The molecule has 4 rings (SSSR count). The summed E-state index contributed by atoms with van der Waals surface area (Å²) in [5, 5.41) is 8.26. The molecule has 0 spiro atoms. The maximum atomic E-state index is 4.94. The summed E-state index contributed by atoms with van der Waals surface area (Å²) in [7, 11) is 4.05. The zero-order chi connectivity index (χ0) is 22.3. The second kappa shape index (κ2) is 10.4. The minimum absolute atomic E-state index is 0.430. The van der Waals surface area contributed by atoms with Gasteiger partial charge in [-0.25, -0.2) is 9.98 Å². The van der Waals surface area contributed by atoms with Gasteiger partial charge in [-0.15, -0.1) is 0 Å². The first kappa shape index (κ1) is 21.9. The van der Waals surface area contributed by atoms with Crippen LogP contribution in [0.25, 0.3) is 10.9 Å². The van der Waals surface area contributed by atoms with Gasteiger partial charge in [0.05, 0.1) is 12.1 Å². The first-order valence-corrected chi connectivity index (χ1v) is 11.5. The molecule has 168 valence electrons. The zero-order valence-corrected chi connectivity index (χ0v) is 19.4. The number of aromatic nitrogens is 1. The van der Waals surface area contributed by atoms with Gasteiger partial charge < -0.3 is 20.4 Å². The SMILES string of the molecule is CCNC(=NCc1cc(N(C)C)nc2ccccc12)NC1CCN(c2ccccc2)CC1. The molecule has 0 atom stereocenters. The molecule has 1 fully saturated rings. The number of pyridine rings is 1. The van der Waals surface area contributed by atoms with Gasteiger partial charge in [-0.1, -0.05) is 36.4 Å². The van der Waals surface area contributed by atoms with Gasteiger partial charge in [-0.05, 0) is 49.6 Å². The number of para-hydroxylation sites is 2. The second-order valence-corrected chi connectivity index (χ2v) is 8.49. The molecule has 1 saturated heterocycles. The molecular weight excluding hydrogens is 396 g/mol. The fraction of sp³-hybridized carbons (Fsp3) is 0.385. The third-order valence-corrected chi connectivity index (χ3v) is 5.96. The molecule has 0 radical (unpaired) electrons. The highest BCUT2D eigenvalue weighted by atomic mass is 15.2. The lowest BCUT2D eigenvalue weighted by atomic mass is 10.0. The van der Waals surface area contributed by atoms with Crippen LogP contribution in [-0.2, 0) is 6.54 Å². The number of anilines is 2. The van der Waals surface area contributed by atoms with E-state index >= 15 is 0 Å². The number of hydrogen-bond donors (Lipinski definition) is 2. The van der Waals surface area contributed by atoms with E-state index in [2.05, 4.69) is 77.1 Å². The van der Waals surface area contributed by atoms with Crippen molar-refractivity contribution >= 4 is 28.4 Å². The van der Waals surface area contributed by atoms with Crippen molar-refractivity contribution in [3.05, 3.63) is 66.2 Å². The lowest BCUT2D eigenvalue weighted by Crippen LogP contribution is -2.48. The molecule has 0 bridgehead atoms. The van der Waals surface area contributed by atoms with Gasteiger partial charge in [0.25, 0.3) is 0 Å². The van der Waals surface area contributed by atoms with Crippen molar-refractivity contribution in [1.82, 2.24) is 15.6 Å². The van der Waals surface area contributed by atoms with E-state index in [9.17, 15) is 0 Å². The largest absolute Gasteiger partial charge is 0.371 e. The Morgan fingerprint density at radius 2 is 1.78 bits per heavy atom. The highest BCUT2D eigenvalue weighted by Crippen LogP contribution is 2.23. The smallest absolute Gasteiger partial charge is 0.191 e. The van der Waals surface area contributed by atoms with E-state index in [4.69, 9.17) is 9.98 Å². The van der Waals surface area contributed by atoms with Gasteiger partial charge in [0.1, 0.15) is 5.82 Å². The van der Waals surface area contributed by atoms with Crippen LogP contribution < -0.4 is 20.4 Å². The van der Waals surface area contributed by atoms with Gasteiger partial charge in [0.2, 0.25) is 0 Å². The first-order valence-electron chi connectivity index (χ1n) is 11.5. The van der Waals surface area contributed by atoms with Crippen LogP contribution in [0.4, 0.5) is 11.5 Å². The monoisotopic (exact) mass is 430 g/mol. The molecule has 32 heavy (non-hydrogen) atoms. The molecule has 0 saturated carbocycles. The summed E-state index contributed by atoms with van der Waals surface area (Å²) >= 11 is 0. The number of nitrogens with zero attached hydrogens (tertiary/aromatic N) is 4. The van der Waals surface area contributed by atoms with E-state index in [1.165, 1.54) is 11.3 Å². The van der Waals surface area contributed by atoms with Crippen molar-refractivity contribution in [2.45, 2.75) is 32.4 Å². The Morgan fingerprint density at radius 3 is 2.50 bits per heavy atom. The van der Waals surface area contributed by atoms with E-state index in [1.54, 1.807) is 0 Å². The highest BCUT2D eigenvalue weighted by molar-refractivity contribution is 5.85. The van der Waals surface area contributed by atoms with Crippen LogP contribution in [0, 0.1) is 0 Å². The van der Waals surface area contributed by atoms with Crippen molar-refractivity contribution in [1.29, 1.82) is 0 Å². The second-order valence-electron chi connectivity index (χ2n) is 8.49. The molecule has 1 aromatic heterocycles. The Bertz CT molecular complexity index is 1040. The standard InChI is InChI=1S/C26H34N6/c1-4-27-26(29-21-14-16-32(17-15-21)22-10-6-5-7-11-22)28-19-20-18-25(31(2)3)30-24-13-9-8-12-23(20)24/h5-13,18,21H,4,14-17,19H2,1-3H3,(H2,27,28,29). The summed E-state index contributed by atoms with van der Waals surface area (Å²) in [5.41, 5.74) is 3.51. The maximum Gasteiger partial charge on any atom is 0.191 e. The van der Waals surface area contributed by atoms with Crippen LogP contribution in [0.5, 0.6) is 0 Å². The molecule has 1 aliphatic rings. The molecule has 0 amide bonds. The van der Waals surface area contributed by atoms with Crippen molar-refractivity contribution < 1.29 is 0 Å². The minimum atomic E-state index is 0.430. The predicted octanol–water partition coefficient (Wildman–Crippen LogP) is 4.02. The minimum Gasteiger partial charge on any atom is -0.371 e. The molecule has 6 nitrogen and oxygen atoms in total. The molecular formula is C26H34N6. The van der Waals surface area contributed by atoms with E-state index in [1.807, 2.05) is 25.1 Å². The fourth-order valence-electron chi connectivity index (χ4n) is 4.19. The molecule has 0 unspecified atom stereocenters. The number of benzene rings is 2. The predicted molar refractivity (Wildman–Crippen MR) is 136 cm³/mol.